The van der Waals surface area contributed by atoms with E-state index in [1.807, 2.05) is 0 Å². The van der Waals surface area contributed by atoms with Crippen LogP contribution < -0.4 is 0 Å². The largest absolute Gasteiger partial charge is 0.459 e. The first-order chi connectivity index (χ1) is 9.33. The number of benzene rings is 1. The second-order valence-electron chi connectivity index (χ2n) is 4.61. The van der Waals surface area contributed by atoms with Crippen LogP contribution in [0.25, 0.3) is 5.69 Å². The molecule has 0 saturated heterocycles. The number of tetrazole rings is 1. The molecule has 6 nitrogen and oxygen atoms in total. The SMILES string of the molecule is O=C(OC1CCCC1)c1ccc(-n2cnnn2)cc1. The Hall–Kier alpha value is -2.24. The van der Waals surface area contributed by atoms with Gasteiger partial charge in [0.05, 0.1) is 11.3 Å². The van der Waals surface area contributed by atoms with Crippen molar-refractivity contribution in [3.63, 3.8) is 0 Å². The van der Waals surface area contributed by atoms with Gasteiger partial charge in [-0.2, -0.15) is 0 Å². The number of hydrogen-bond donors (Lipinski definition) is 0. The van der Waals surface area contributed by atoms with E-state index in [0.717, 1.165) is 31.4 Å². The highest BCUT2D eigenvalue weighted by molar-refractivity contribution is 5.89. The molecule has 0 radical (unpaired) electrons. The summed E-state index contributed by atoms with van der Waals surface area (Å²) < 4.78 is 6.98. The Morgan fingerprint density at radius 2 is 1.95 bits per heavy atom. The number of ether oxygens (including phenoxy) is 1. The zero-order valence-corrected chi connectivity index (χ0v) is 10.4. The van der Waals surface area contributed by atoms with Crippen LogP contribution in [0, 0.1) is 0 Å². The Labute approximate surface area is 110 Å². The van der Waals surface area contributed by atoms with Crippen LogP contribution in [0.3, 0.4) is 0 Å². The molecule has 0 unspecified atom stereocenters. The maximum absolute atomic E-state index is 11.9. The molecule has 19 heavy (non-hydrogen) atoms. The summed E-state index contributed by atoms with van der Waals surface area (Å²) in [4.78, 5) is 11.9. The van der Waals surface area contributed by atoms with Gasteiger partial charge < -0.3 is 4.74 Å². The first-order valence-corrected chi connectivity index (χ1v) is 6.37. The van der Waals surface area contributed by atoms with Gasteiger partial charge in [-0.25, -0.2) is 9.48 Å². The van der Waals surface area contributed by atoms with E-state index in [4.69, 9.17) is 4.74 Å². The Morgan fingerprint density at radius 1 is 1.21 bits per heavy atom. The Balaban J connectivity index is 1.69. The zero-order chi connectivity index (χ0) is 13.1. The molecule has 1 fully saturated rings. The molecular weight excluding hydrogens is 244 g/mol. The smallest absolute Gasteiger partial charge is 0.338 e. The quantitative estimate of drug-likeness (QED) is 0.784. The number of rotatable bonds is 3. The molecule has 3 rings (SSSR count). The van der Waals surface area contributed by atoms with E-state index in [1.165, 1.54) is 11.0 Å². The average molecular weight is 258 g/mol. The molecule has 2 aromatic rings. The predicted octanol–water partition coefficient (Wildman–Crippen LogP) is 1.76. The van der Waals surface area contributed by atoms with Crippen LogP contribution in [0.2, 0.25) is 0 Å². The van der Waals surface area contributed by atoms with Crippen molar-refractivity contribution < 1.29 is 9.53 Å². The van der Waals surface area contributed by atoms with Gasteiger partial charge in [0, 0.05) is 0 Å². The first-order valence-electron chi connectivity index (χ1n) is 6.37. The molecule has 0 amide bonds. The number of aromatic nitrogens is 4. The van der Waals surface area contributed by atoms with Crippen LogP contribution in [0.15, 0.2) is 30.6 Å². The van der Waals surface area contributed by atoms with Crippen molar-refractivity contribution in [3.05, 3.63) is 36.2 Å². The molecule has 0 spiro atoms. The third-order valence-corrected chi connectivity index (χ3v) is 3.29. The highest BCUT2D eigenvalue weighted by atomic mass is 16.5. The molecule has 6 heteroatoms. The first kappa shape index (κ1) is 11.8. The summed E-state index contributed by atoms with van der Waals surface area (Å²) in [5.41, 5.74) is 1.37. The van der Waals surface area contributed by atoms with Crippen LogP contribution in [0.1, 0.15) is 36.0 Å². The van der Waals surface area contributed by atoms with Gasteiger partial charge in [0.2, 0.25) is 0 Å². The van der Waals surface area contributed by atoms with Crippen molar-refractivity contribution in [2.75, 3.05) is 0 Å². The van der Waals surface area contributed by atoms with Gasteiger partial charge in [-0.15, -0.1) is 5.10 Å². The van der Waals surface area contributed by atoms with Crippen molar-refractivity contribution in [1.29, 1.82) is 0 Å². The lowest BCUT2D eigenvalue weighted by molar-refractivity contribution is 0.0318. The summed E-state index contributed by atoms with van der Waals surface area (Å²) in [5, 5.41) is 10.9. The van der Waals surface area contributed by atoms with Gasteiger partial charge in [-0.3, -0.25) is 0 Å². The zero-order valence-electron chi connectivity index (χ0n) is 10.4. The van der Waals surface area contributed by atoms with Crippen molar-refractivity contribution in [3.8, 4) is 5.69 Å². The van der Waals surface area contributed by atoms with Crippen LogP contribution in [0.5, 0.6) is 0 Å². The number of carbonyl (C=O) groups is 1. The molecule has 0 bridgehead atoms. The Morgan fingerprint density at radius 3 is 2.58 bits per heavy atom. The highest BCUT2D eigenvalue weighted by Gasteiger charge is 2.20. The van der Waals surface area contributed by atoms with E-state index >= 15 is 0 Å². The Bertz CT molecular complexity index is 545. The minimum absolute atomic E-state index is 0.0895. The summed E-state index contributed by atoms with van der Waals surface area (Å²) >= 11 is 0. The van der Waals surface area contributed by atoms with E-state index < -0.39 is 0 Å². The number of nitrogens with zero attached hydrogens (tertiary/aromatic N) is 4. The molecule has 1 aliphatic carbocycles. The molecule has 0 N–H and O–H groups in total. The van der Waals surface area contributed by atoms with Gasteiger partial charge in [0.25, 0.3) is 0 Å². The minimum Gasteiger partial charge on any atom is -0.459 e. The van der Waals surface area contributed by atoms with Crippen LogP contribution in [-0.4, -0.2) is 32.3 Å². The lowest BCUT2D eigenvalue weighted by Crippen LogP contribution is -2.14. The summed E-state index contributed by atoms with van der Waals surface area (Å²) in [5.74, 6) is -0.254. The van der Waals surface area contributed by atoms with Crippen LogP contribution in [-0.2, 0) is 4.74 Å². The molecule has 1 saturated carbocycles. The standard InChI is InChI=1S/C13H14N4O2/c18-13(19-12-3-1-2-4-12)10-5-7-11(8-6-10)17-9-14-15-16-17/h5-9,12H,1-4H2. The van der Waals surface area contributed by atoms with E-state index in [-0.39, 0.29) is 12.1 Å². The molecule has 98 valence electrons. The van der Waals surface area contributed by atoms with Gasteiger partial charge in [-0.05, 0) is 60.4 Å². The summed E-state index contributed by atoms with van der Waals surface area (Å²) in [6.45, 7) is 0. The Kier molecular flexibility index (Phi) is 3.22. The fraction of sp³-hybridized carbons (Fsp3) is 0.385. The molecule has 1 aromatic carbocycles. The fourth-order valence-electron chi connectivity index (χ4n) is 2.26. The lowest BCUT2D eigenvalue weighted by atomic mass is 10.2. The van der Waals surface area contributed by atoms with Crippen molar-refractivity contribution in [1.82, 2.24) is 20.2 Å². The fourth-order valence-corrected chi connectivity index (χ4v) is 2.26. The third-order valence-electron chi connectivity index (χ3n) is 3.29. The van der Waals surface area contributed by atoms with Gasteiger partial charge in [-0.1, -0.05) is 0 Å². The predicted molar refractivity (Wildman–Crippen MR) is 66.8 cm³/mol. The maximum Gasteiger partial charge on any atom is 0.338 e. The van der Waals surface area contributed by atoms with E-state index in [2.05, 4.69) is 15.5 Å². The van der Waals surface area contributed by atoms with Gasteiger partial charge in [0.1, 0.15) is 12.4 Å². The van der Waals surface area contributed by atoms with Crippen molar-refractivity contribution >= 4 is 5.97 Å². The van der Waals surface area contributed by atoms with Crippen molar-refractivity contribution in [2.45, 2.75) is 31.8 Å². The van der Waals surface area contributed by atoms with Crippen LogP contribution >= 0.6 is 0 Å². The summed E-state index contributed by atoms with van der Waals surface area (Å²) in [6, 6.07) is 7.05. The molecule has 0 aliphatic heterocycles. The second kappa shape index (κ2) is 5.17. The number of esters is 1. The maximum atomic E-state index is 11.9. The topological polar surface area (TPSA) is 69.9 Å². The minimum atomic E-state index is -0.254. The van der Waals surface area contributed by atoms with Crippen LogP contribution in [0.4, 0.5) is 0 Å². The molecular formula is C13H14N4O2. The monoisotopic (exact) mass is 258 g/mol. The van der Waals surface area contributed by atoms with Crippen molar-refractivity contribution in [2.24, 2.45) is 0 Å². The second-order valence-corrected chi connectivity index (χ2v) is 4.61. The molecule has 1 aromatic heterocycles. The van der Waals surface area contributed by atoms with E-state index in [1.54, 1.807) is 24.3 Å². The van der Waals surface area contributed by atoms with E-state index in [9.17, 15) is 4.79 Å². The molecule has 0 atom stereocenters. The van der Waals surface area contributed by atoms with E-state index in [0.29, 0.717) is 5.56 Å². The summed E-state index contributed by atoms with van der Waals surface area (Å²) in [6.07, 6.45) is 5.85. The number of carbonyl (C=O) groups excluding carboxylic acids is 1. The normalized spacial score (nSPS) is 15.6. The lowest BCUT2D eigenvalue weighted by Gasteiger charge is -2.11. The average Bonchev–Trinajstić information content (AvgIpc) is 3.12. The molecule has 1 aliphatic rings. The van der Waals surface area contributed by atoms with Gasteiger partial charge in [0.15, 0.2) is 0 Å². The summed E-state index contributed by atoms with van der Waals surface area (Å²) in [7, 11) is 0. The third kappa shape index (κ3) is 2.62. The molecule has 1 heterocycles. The highest BCUT2D eigenvalue weighted by Crippen LogP contribution is 2.22. The number of hydrogen-bond acceptors (Lipinski definition) is 5. The van der Waals surface area contributed by atoms with Gasteiger partial charge >= 0.3 is 5.97 Å².